The van der Waals surface area contributed by atoms with Gasteiger partial charge in [-0.25, -0.2) is 0 Å². The van der Waals surface area contributed by atoms with Gasteiger partial charge in [0, 0.05) is 17.8 Å². The van der Waals surface area contributed by atoms with Crippen LogP contribution in [0.3, 0.4) is 0 Å². The van der Waals surface area contributed by atoms with Gasteiger partial charge >= 0.3 is 0 Å². The molecule has 2 aliphatic rings. The van der Waals surface area contributed by atoms with Gasteiger partial charge in [-0.3, -0.25) is 4.79 Å². The first-order valence-corrected chi connectivity index (χ1v) is 8.11. The fourth-order valence-electron chi connectivity index (χ4n) is 3.11. The van der Waals surface area contributed by atoms with Gasteiger partial charge in [-0.15, -0.1) is 0 Å². The number of piperidine rings is 1. The Hall–Kier alpha value is -0.220. The third kappa shape index (κ3) is 2.97. The Balaban J connectivity index is 1.94. The minimum absolute atomic E-state index is 0.0853. The van der Waals surface area contributed by atoms with E-state index in [9.17, 15) is 4.79 Å². The first-order chi connectivity index (χ1) is 8.26. The molecule has 1 saturated heterocycles. The quantitative estimate of drug-likeness (QED) is 0.833. The number of carbonyl (C=O) groups excluding carboxylic acids is 1. The number of rotatable bonds is 4. The van der Waals surface area contributed by atoms with Gasteiger partial charge in [-0.05, 0) is 44.9 Å². The Kier molecular flexibility index (Phi) is 4.74. The van der Waals surface area contributed by atoms with Gasteiger partial charge < -0.3 is 10.2 Å². The lowest BCUT2D eigenvalue weighted by molar-refractivity contribution is -0.138. The van der Waals surface area contributed by atoms with Crippen molar-refractivity contribution in [2.75, 3.05) is 19.3 Å². The fraction of sp³-hybridized carbons (Fsp3) is 0.923. The molecule has 1 N–H and O–H groups in total. The molecule has 0 bridgehead atoms. The zero-order chi connectivity index (χ0) is 12.3. The summed E-state index contributed by atoms with van der Waals surface area (Å²) in [6.45, 7) is 3.94. The van der Waals surface area contributed by atoms with Crippen molar-refractivity contribution < 1.29 is 4.79 Å². The smallest absolute Gasteiger partial charge is 0.239 e. The molecule has 3 nitrogen and oxygen atoms in total. The van der Waals surface area contributed by atoms with E-state index in [0.717, 1.165) is 31.2 Å². The van der Waals surface area contributed by atoms with Crippen molar-refractivity contribution in [3.63, 3.8) is 0 Å². The van der Waals surface area contributed by atoms with E-state index in [-0.39, 0.29) is 6.04 Å². The highest BCUT2D eigenvalue weighted by atomic mass is 32.2. The zero-order valence-electron chi connectivity index (χ0n) is 10.9. The highest BCUT2D eigenvalue weighted by molar-refractivity contribution is 7.99. The molecule has 2 fully saturated rings. The van der Waals surface area contributed by atoms with Crippen molar-refractivity contribution in [3.05, 3.63) is 0 Å². The second kappa shape index (κ2) is 6.10. The minimum atomic E-state index is 0.0853. The van der Waals surface area contributed by atoms with Crippen LogP contribution in [-0.2, 0) is 4.79 Å². The molecule has 4 heteroatoms. The number of thioether (sulfide) groups is 1. The molecule has 0 radical (unpaired) electrons. The van der Waals surface area contributed by atoms with Gasteiger partial charge in [0.15, 0.2) is 0 Å². The predicted octanol–water partition coefficient (Wildman–Crippen LogP) is 1.87. The number of nitrogens with one attached hydrogen (secondary N) is 1. The SMILES string of the molecule is CCNC1CCCN(C2CCC(SC)C2)C1=O. The van der Waals surface area contributed by atoms with Gasteiger partial charge in [-0.1, -0.05) is 6.92 Å². The average Bonchev–Trinajstić information content (AvgIpc) is 2.80. The molecule has 1 aliphatic heterocycles. The summed E-state index contributed by atoms with van der Waals surface area (Å²) in [5.74, 6) is 0.352. The molecule has 1 saturated carbocycles. The predicted molar refractivity (Wildman–Crippen MR) is 73.4 cm³/mol. The molecule has 1 aliphatic carbocycles. The Labute approximate surface area is 109 Å². The maximum absolute atomic E-state index is 12.4. The van der Waals surface area contributed by atoms with Crippen LogP contribution in [-0.4, -0.2) is 47.5 Å². The van der Waals surface area contributed by atoms with Crippen LogP contribution in [0.1, 0.15) is 39.0 Å². The van der Waals surface area contributed by atoms with E-state index in [0.29, 0.717) is 11.9 Å². The van der Waals surface area contributed by atoms with Crippen LogP contribution in [0.25, 0.3) is 0 Å². The summed E-state index contributed by atoms with van der Waals surface area (Å²) in [6.07, 6.45) is 8.04. The molecule has 1 heterocycles. The van der Waals surface area contributed by atoms with Gasteiger partial charge in [0.25, 0.3) is 0 Å². The molecule has 0 aromatic heterocycles. The minimum Gasteiger partial charge on any atom is -0.338 e. The second-order valence-corrected chi connectivity index (χ2v) is 6.25. The number of nitrogens with zero attached hydrogens (tertiary/aromatic N) is 1. The van der Waals surface area contributed by atoms with Gasteiger partial charge in [-0.2, -0.15) is 11.8 Å². The number of amides is 1. The Morgan fingerprint density at radius 3 is 2.88 bits per heavy atom. The van der Waals surface area contributed by atoms with Crippen molar-refractivity contribution in [2.45, 2.75) is 56.4 Å². The molecule has 17 heavy (non-hydrogen) atoms. The topological polar surface area (TPSA) is 32.3 Å². The van der Waals surface area contributed by atoms with Crippen LogP contribution in [0.4, 0.5) is 0 Å². The van der Waals surface area contributed by atoms with E-state index in [1.807, 2.05) is 11.8 Å². The lowest BCUT2D eigenvalue weighted by Crippen LogP contribution is -2.53. The van der Waals surface area contributed by atoms with Crippen LogP contribution in [0.5, 0.6) is 0 Å². The summed E-state index contributed by atoms with van der Waals surface area (Å²) in [4.78, 5) is 14.5. The van der Waals surface area contributed by atoms with E-state index in [1.54, 1.807) is 0 Å². The first kappa shape index (κ1) is 13.2. The molecular weight excluding hydrogens is 232 g/mol. The van der Waals surface area contributed by atoms with Gasteiger partial charge in [0.2, 0.25) is 5.91 Å². The Morgan fingerprint density at radius 1 is 1.41 bits per heavy atom. The van der Waals surface area contributed by atoms with E-state index < -0.39 is 0 Å². The largest absolute Gasteiger partial charge is 0.338 e. The lowest BCUT2D eigenvalue weighted by Gasteiger charge is -2.36. The normalized spacial score (nSPS) is 34.4. The molecule has 3 unspecified atom stereocenters. The standard InChI is InChI=1S/C13H24N2OS/c1-3-14-12-5-4-8-15(13(12)16)10-6-7-11(9-10)17-2/h10-12,14H,3-9H2,1-2H3. The van der Waals surface area contributed by atoms with Crippen LogP contribution in [0, 0.1) is 0 Å². The van der Waals surface area contributed by atoms with Crippen LogP contribution in [0.2, 0.25) is 0 Å². The van der Waals surface area contributed by atoms with E-state index in [1.165, 1.54) is 19.3 Å². The molecule has 2 rings (SSSR count). The van der Waals surface area contributed by atoms with Crippen molar-refractivity contribution >= 4 is 17.7 Å². The summed E-state index contributed by atoms with van der Waals surface area (Å²) < 4.78 is 0. The molecular formula is C13H24N2OS. The summed E-state index contributed by atoms with van der Waals surface area (Å²) in [5.41, 5.74) is 0. The van der Waals surface area contributed by atoms with E-state index in [2.05, 4.69) is 23.4 Å². The van der Waals surface area contributed by atoms with Crippen molar-refractivity contribution in [3.8, 4) is 0 Å². The molecule has 0 aromatic rings. The molecule has 0 aromatic carbocycles. The lowest BCUT2D eigenvalue weighted by atomic mass is 10.0. The molecule has 0 spiro atoms. The van der Waals surface area contributed by atoms with Crippen molar-refractivity contribution in [1.29, 1.82) is 0 Å². The monoisotopic (exact) mass is 256 g/mol. The highest BCUT2D eigenvalue weighted by Crippen LogP contribution is 2.33. The number of likely N-dealkylation sites (N-methyl/N-ethyl adjacent to an activating group) is 1. The van der Waals surface area contributed by atoms with Crippen molar-refractivity contribution in [2.24, 2.45) is 0 Å². The van der Waals surface area contributed by atoms with Crippen molar-refractivity contribution in [1.82, 2.24) is 10.2 Å². The van der Waals surface area contributed by atoms with Crippen LogP contribution in [0.15, 0.2) is 0 Å². The van der Waals surface area contributed by atoms with Gasteiger partial charge in [0.1, 0.15) is 0 Å². The molecule has 3 atom stereocenters. The summed E-state index contributed by atoms with van der Waals surface area (Å²) in [7, 11) is 0. The summed E-state index contributed by atoms with van der Waals surface area (Å²) >= 11 is 1.96. The summed E-state index contributed by atoms with van der Waals surface area (Å²) in [6, 6.07) is 0.600. The average molecular weight is 256 g/mol. The maximum Gasteiger partial charge on any atom is 0.239 e. The number of carbonyl (C=O) groups is 1. The van der Waals surface area contributed by atoms with Crippen LogP contribution >= 0.6 is 11.8 Å². The number of hydrogen-bond acceptors (Lipinski definition) is 3. The summed E-state index contributed by atoms with van der Waals surface area (Å²) in [5, 5.41) is 4.09. The highest BCUT2D eigenvalue weighted by Gasteiger charge is 2.36. The Bertz CT molecular complexity index is 270. The number of likely N-dealkylation sites (tertiary alicyclic amines) is 1. The molecule has 98 valence electrons. The maximum atomic E-state index is 12.4. The molecule has 1 amide bonds. The van der Waals surface area contributed by atoms with E-state index in [4.69, 9.17) is 0 Å². The third-order valence-electron chi connectivity index (χ3n) is 4.05. The Morgan fingerprint density at radius 2 is 2.24 bits per heavy atom. The van der Waals surface area contributed by atoms with E-state index >= 15 is 0 Å². The fourth-order valence-corrected chi connectivity index (χ4v) is 3.90. The number of hydrogen-bond donors (Lipinski definition) is 1. The first-order valence-electron chi connectivity index (χ1n) is 6.83. The zero-order valence-corrected chi connectivity index (χ0v) is 11.8. The van der Waals surface area contributed by atoms with Gasteiger partial charge in [0.05, 0.1) is 6.04 Å². The second-order valence-electron chi connectivity index (χ2n) is 5.11. The third-order valence-corrected chi connectivity index (χ3v) is 5.15. The van der Waals surface area contributed by atoms with Crippen LogP contribution < -0.4 is 5.32 Å².